The molecular formula is C14H12N2O4. The van der Waals surface area contributed by atoms with Crippen LogP contribution in [0.2, 0.25) is 0 Å². The quantitative estimate of drug-likeness (QED) is 0.520. The fraction of sp³-hybridized carbons (Fsp3) is 0.0714. The van der Waals surface area contributed by atoms with Crippen molar-refractivity contribution in [3.63, 3.8) is 0 Å². The first-order valence-electron chi connectivity index (χ1n) is 5.77. The van der Waals surface area contributed by atoms with E-state index in [1.807, 2.05) is 0 Å². The average molecular weight is 272 g/mol. The van der Waals surface area contributed by atoms with Gasteiger partial charge in [0.25, 0.3) is 0 Å². The van der Waals surface area contributed by atoms with Crippen LogP contribution in [-0.4, -0.2) is 24.7 Å². The van der Waals surface area contributed by atoms with Crippen molar-refractivity contribution in [1.29, 1.82) is 0 Å². The Morgan fingerprint density at radius 2 is 1.90 bits per heavy atom. The lowest BCUT2D eigenvalue weighted by molar-refractivity contribution is -0.132. The van der Waals surface area contributed by atoms with Crippen LogP contribution in [0.1, 0.15) is 16.1 Å². The van der Waals surface area contributed by atoms with Crippen molar-refractivity contribution in [2.75, 3.05) is 7.11 Å². The number of hydrazone groups is 1. The number of carbonyl (C=O) groups is 2. The normalized spacial score (nSPS) is 10.9. The van der Waals surface area contributed by atoms with E-state index in [-0.39, 0.29) is 11.5 Å². The summed E-state index contributed by atoms with van der Waals surface area (Å²) >= 11 is 0. The van der Waals surface area contributed by atoms with Crippen molar-refractivity contribution in [1.82, 2.24) is 5.43 Å². The summed E-state index contributed by atoms with van der Waals surface area (Å²) in [5, 5.41) is 3.80. The first-order valence-corrected chi connectivity index (χ1v) is 5.77. The minimum Gasteiger partial charge on any atom is -0.464 e. The number of hydrogen-bond donors (Lipinski definition) is 1. The first-order chi connectivity index (χ1) is 9.72. The molecule has 20 heavy (non-hydrogen) atoms. The smallest absolute Gasteiger partial charge is 0.359 e. The van der Waals surface area contributed by atoms with Crippen LogP contribution >= 0.6 is 0 Å². The van der Waals surface area contributed by atoms with Gasteiger partial charge in [-0.15, -0.1) is 0 Å². The van der Waals surface area contributed by atoms with E-state index in [9.17, 15) is 9.59 Å². The first kappa shape index (κ1) is 13.5. The molecule has 1 aromatic heterocycles. The Morgan fingerprint density at radius 3 is 2.50 bits per heavy atom. The second-order valence-electron chi connectivity index (χ2n) is 3.74. The maximum Gasteiger partial charge on any atom is 0.359 e. The van der Waals surface area contributed by atoms with Crippen LogP contribution in [0.25, 0.3) is 0 Å². The molecule has 2 aromatic rings. The Bertz CT molecular complexity index is 618. The topological polar surface area (TPSA) is 80.9 Å². The lowest BCUT2D eigenvalue weighted by Gasteiger charge is -2.04. The standard InChI is InChI=1S/C14H12N2O4/c1-19-14(18)12(10-6-3-2-4-7-10)15-16-13(17)11-8-5-9-20-11/h2-9H,1H3,(H,16,17)/b15-12-. The molecule has 0 atom stereocenters. The van der Waals surface area contributed by atoms with Gasteiger partial charge in [-0.25, -0.2) is 10.2 Å². The van der Waals surface area contributed by atoms with Crippen LogP contribution in [0.15, 0.2) is 58.2 Å². The number of carbonyl (C=O) groups excluding carboxylic acids is 2. The summed E-state index contributed by atoms with van der Waals surface area (Å²) in [7, 11) is 1.25. The zero-order chi connectivity index (χ0) is 14.4. The summed E-state index contributed by atoms with van der Waals surface area (Å²) in [5.74, 6) is -1.09. The van der Waals surface area contributed by atoms with E-state index in [2.05, 4.69) is 15.3 Å². The van der Waals surface area contributed by atoms with E-state index in [1.54, 1.807) is 36.4 Å². The Kier molecular flexibility index (Phi) is 4.28. The number of nitrogens with zero attached hydrogens (tertiary/aromatic N) is 1. The molecule has 0 saturated carbocycles. The van der Waals surface area contributed by atoms with Crippen molar-refractivity contribution in [3.8, 4) is 0 Å². The van der Waals surface area contributed by atoms with Gasteiger partial charge in [0, 0.05) is 5.56 Å². The van der Waals surface area contributed by atoms with Crippen LogP contribution < -0.4 is 5.43 Å². The van der Waals surface area contributed by atoms with Crippen molar-refractivity contribution in [2.45, 2.75) is 0 Å². The van der Waals surface area contributed by atoms with Crippen molar-refractivity contribution in [3.05, 3.63) is 60.1 Å². The molecule has 0 spiro atoms. The van der Waals surface area contributed by atoms with Gasteiger partial charge in [0.2, 0.25) is 0 Å². The number of esters is 1. The number of ether oxygens (including phenoxy) is 1. The summed E-state index contributed by atoms with van der Waals surface area (Å²) < 4.78 is 9.57. The number of benzene rings is 1. The maximum atomic E-state index is 11.7. The second kappa shape index (κ2) is 6.33. The monoisotopic (exact) mass is 272 g/mol. The molecule has 0 fully saturated rings. The second-order valence-corrected chi connectivity index (χ2v) is 3.74. The van der Waals surface area contributed by atoms with Gasteiger partial charge in [-0.2, -0.15) is 5.10 Å². The molecule has 0 unspecified atom stereocenters. The van der Waals surface area contributed by atoms with Crippen LogP contribution in [0, 0.1) is 0 Å². The Balaban J connectivity index is 2.21. The zero-order valence-electron chi connectivity index (χ0n) is 10.7. The van der Waals surface area contributed by atoms with E-state index in [0.29, 0.717) is 5.56 Å². The van der Waals surface area contributed by atoms with Gasteiger partial charge in [-0.05, 0) is 12.1 Å². The molecule has 1 amide bonds. The van der Waals surface area contributed by atoms with Gasteiger partial charge in [-0.3, -0.25) is 4.79 Å². The minimum atomic E-state index is -0.643. The summed E-state index contributed by atoms with van der Waals surface area (Å²) in [6.07, 6.45) is 1.37. The third-order valence-corrected chi connectivity index (χ3v) is 2.44. The summed E-state index contributed by atoms with van der Waals surface area (Å²) in [4.78, 5) is 23.4. The van der Waals surface area contributed by atoms with Crippen molar-refractivity contribution in [2.24, 2.45) is 5.10 Å². The molecule has 0 aliphatic carbocycles. The minimum absolute atomic E-state index is 0.00741. The van der Waals surface area contributed by atoms with Crippen molar-refractivity contribution < 1.29 is 18.7 Å². The molecule has 1 heterocycles. The lowest BCUT2D eigenvalue weighted by atomic mass is 10.1. The van der Waals surface area contributed by atoms with Crippen LogP contribution in [0.4, 0.5) is 0 Å². The molecule has 0 aliphatic heterocycles. The third kappa shape index (κ3) is 3.11. The third-order valence-electron chi connectivity index (χ3n) is 2.44. The molecule has 1 aromatic carbocycles. The Morgan fingerprint density at radius 1 is 1.15 bits per heavy atom. The molecule has 6 nitrogen and oxygen atoms in total. The molecule has 0 saturated heterocycles. The predicted octanol–water partition coefficient (Wildman–Crippen LogP) is 1.59. The number of hydrogen-bond acceptors (Lipinski definition) is 5. The molecule has 2 rings (SSSR count). The number of methoxy groups -OCH3 is 1. The van der Waals surface area contributed by atoms with Crippen LogP contribution in [-0.2, 0) is 9.53 Å². The van der Waals surface area contributed by atoms with Crippen molar-refractivity contribution >= 4 is 17.6 Å². The SMILES string of the molecule is COC(=O)/C(=N\NC(=O)c1ccco1)c1ccccc1. The average Bonchev–Trinajstić information content (AvgIpc) is 3.02. The van der Waals surface area contributed by atoms with Gasteiger partial charge in [0.1, 0.15) is 0 Å². The molecule has 6 heteroatoms. The van der Waals surface area contributed by atoms with E-state index in [1.165, 1.54) is 19.4 Å². The fourth-order valence-corrected chi connectivity index (χ4v) is 1.49. The highest BCUT2D eigenvalue weighted by Gasteiger charge is 2.16. The molecule has 0 aliphatic rings. The summed E-state index contributed by atoms with van der Waals surface area (Å²) in [5.41, 5.74) is 2.80. The predicted molar refractivity (Wildman–Crippen MR) is 71.2 cm³/mol. The Hall–Kier alpha value is -2.89. The highest BCUT2D eigenvalue weighted by Crippen LogP contribution is 2.03. The largest absolute Gasteiger partial charge is 0.464 e. The zero-order valence-corrected chi connectivity index (χ0v) is 10.7. The highest BCUT2D eigenvalue weighted by molar-refractivity contribution is 6.43. The lowest BCUT2D eigenvalue weighted by Crippen LogP contribution is -2.24. The van der Waals surface area contributed by atoms with Gasteiger partial charge in [0.15, 0.2) is 11.5 Å². The molecule has 1 N–H and O–H groups in total. The Labute approximate surface area is 115 Å². The number of rotatable bonds is 4. The summed E-state index contributed by atoms with van der Waals surface area (Å²) in [6.45, 7) is 0. The van der Waals surface area contributed by atoms with Gasteiger partial charge >= 0.3 is 11.9 Å². The number of furan rings is 1. The number of amides is 1. The summed E-state index contributed by atoms with van der Waals surface area (Å²) in [6, 6.07) is 11.8. The molecule has 102 valence electrons. The maximum absolute atomic E-state index is 11.7. The highest BCUT2D eigenvalue weighted by atomic mass is 16.5. The fourth-order valence-electron chi connectivity index (χ4n) is 1.49. The van der Waals surface area contributed by atoms with Gasteiger partial charge in [-0.1, -0.05) is 30.3 Å². The van der Waals surface area contributed by atoms with E-state index in [4.69, 9.17) is 4.42 Å². The van der Waals surface area contributed by atoms with E-state index >= 15 is 0 Å². The van der Waals surface area contributed by atoms with Gasteiger partial charge in [0.05, 0.1) is 13.4 Å². The number of nitrogens with one attached hydrogen (secondary N) is 1. The van der Waals surface area contributed by atoms with Gasteiger partial charge < -0.3 is 9.15 Å². The molecular weight excluding hydrogens is 260 g/mol. The molecule has 0 radical (unpaired) electrons. The molecule has 0 bridgehead atoms. The van der Waals surface area contributed by atoms with Crippen LogP contribution in [0.3, 0.4) is 0 Å². The van der Waals surface area contributed by atoms with E-state index in [0.717, 1.165) is 0 Å². The van der Waals surface area contributed by atoms with E-state index < -0.39 is 11.9 Å². The van der Waals surface area contributed by atoms with Crippen LogP contribution in [0.5, 0.6) is 0 Å².